The Morgan fingerprint density at radius 2 is 1.83 bits per heavy atom. The second-order valence-electron chi connectivity index (χ2n) is 11.3. The van der Waals surface area contributed by atoms with Gasteiger partial charge in [-0.1, -0.05) is 18.2 Å². The zero-order valence-electron chi connectivity index (χ0n) is 22.6. The highest BCUT2D eigenvalue weighted by molar-refractivity contribution is 5.86. The lowest BCUT2D eigenvalue weighted by Crippen LogP contribution is -2.43. The largest absolute Gasteiger partial charge is 0.389 e. The van der Waals surface area contributed by atoms with Crippen LogP contribution in [-0.4, -0.2) is 49.9 Å². The summed E-state index contributed by atoms with van der Waals surface area (Å²) in [5, 5.41) is 25.7. The van der Waals surface area contributed by atoms with Crippen molar-refractivity contribution in [1.29, 1.82) is 0 Å². The minimum Gasteiger partial charge on any atom is -0.389 e. The number of hydrogen-bond acceptors (Lipinski definition) is 5. The summed E-state index contributed by atoms with van der Waals surface area (Å²) in [6.45, 7) is 14.9. The molecule has 0 saturated carbocycles. The summed E-state index contributed by atoms with van der Waals surface area (Å²) >= 11 is 0. The summed E-state index contributed by atoms with van der Waals surface area (Å²) < 4.78 is 2.38. The first-order valence-corrected chi connectivity index (χ1v) is 13.1. The zero-order valence-corrected chi connectivity index (χ0v) is 22.6. The van der Waals surface area contributed by atoms with Crippen LogP contribution in [-0.2, 0) is 6.54 Å². The number of rotatable bonds is 8. The molecule has 36 heavy (non-hydrogen) atoms. The quantitative estimate of drug-likeness (QED) is 0.354. The molecule has 0 radical (unpaired) electrons. The SMILES string of the molecule is Cc1cc(C)c(CNC(O)c2c(C)n(C(C)C3CCN(CC(C)(C)O)CC3)c3ccccc23)c(=O)[nH]1. The zero-order chi connectivity index (χ0) is 26.2. The third-order valence-electron chi connectivity index (χ3n) is 7.78. The molecule has 196 valence electrons. The van der Waals surface area contributed by atoms with E-state index in [1.807, 2.05) is 39.8 Å². The summed E-state index contributed by atoms with van der Waals surface area (Å²) in [4.78, 5) is 17.7. The highest BCUT2D eigenvalue weighted by Crippen LogP contribution is 2.37. The summed E-state index contributed by atoms with van der Waals surface area (Å²) in [5.41, 5.74) is 4.66. The third kappa shape index (κ3) is 5.59. The molecule has 1 aliphatic rings. The van der Waals surface area contributed by atoms with Crippen molar-refractivity contribution in [3.8, 4) is 0 Å². The molecule has 0 spiro atoms. The number of pyridine rings is 1. The van der Waals surface area contributed by atoms with Gasteiger partial charge in [0.2, 0.25) is 0 Å². The number of β-amino-alcohol motifs (C(OH)–C–C–N with tert-alkyl or cyclic N) is 1. The Labute approximate surface area is 214 Å². The fraction of sp³-hybridized carbons (Fsp3) is 0.552. The van der Waals surface area contributed by atoms with Gasteiger partial charge in [-0.15, -0.1) is 0 Å². The monoisotopic (exact) mass is 494 g/mol. The van der Waals surface area contributed by atoms with Gasteiger partial charge in [0.25, 0.3) is 5.56 Å². The molecule has 2 aromatic heterocycles. The Balaban J connectivity index is 1.56. The fourth-order valence-electron chi connectivity index (χ4n) is 6.04. The molecular weight excluding hydrogens is 452 g/mol. The normalized spacial score (nSPS) is 17.6. The van der Waals surface area contributed by atoms with E-state index in [0.29, 0.717) is 18.0 Å². The third-order valence-corrected chi connectivity index (χ3v) is 7.78. The average Bonchev–Trinajstić information content (AvgIpc) is 3.09. The number of piperidine rings is 1. The van der Waals surface area contributed by atoms with Crippen LogP contribution in [0.25, 0.3) is 10.9 Å². The molecule has 3 heterocycles. The number of aromatic amines is 1. The van der Waals surface area contributed by atoms with Crippen LogP contribution in [0.3, 0.4) is 0 Å². The van der Waals surface area contributed by atoms with Gasteiger partial charge in [-0.3, -0.25) is 10.1 Å². The Hall–Kier alpha value is -2.45. The number of nitrogens with one attached hydrogen (secondary N) is 2. The van der Waals surface area contributed by atoms with Crippen LogP contribution in [0.1, 0.15) is 74.0 Å². The summed E-state index contributed by atoms with van der Waals surface area (Å²) in [6.07, 6.45) is 1.26. The molecule has 1 saturated heterocycles. The van der Waals surface area contributed by atoms with Crippen molar-refractivity contribution in [1.82, 2.24) is 19.8 Å². The van der Waals surface area contributed by atoms with Crippen molar-refractivity contribution >= 4 is 10.9 Å². The molecule has 2 unspecified atom stereocenters. The summed E-state index contributed by atoms with van der Waals surface area (Å²) in [7, 11) is 0. The van der Waals surface area contributed by atoms with Crippen LogP contribution in [0.2, 0.25) is 0 Å². The van der Waals surface area contributed by atoms with Crippen molar-refractivity contribution in [2.75, 3.05) is 19.6 Å². The molecule has 1 aliphatic heterocycles. The van der Waals surface area contributed by atoms with E-state index >= 15 is 0 Å². The van der Waals surface area contributed by atoms with Crippen molar-refractivity contribution in [3.05, 3.63) is 68.8 Å². The van der Waals surface area contributed by atoms with Crippen molar-refractivity contribution < 1.29 is 10.2 Å². The molecule has 4 rings (SSSR count). The van der Waals surface area contributed by atoms with Gasteiger partial charge in [-0.2, -0.15) is 0 Å². The highest BCUT2D eigenvalue weighted by Gasteiger charge is 2.30. The number of para-hydroxylation sites is 1. The standard InChI is InChI=1S/C29H42N4O3/c1-18-15-19(2)31-27(34)24(18)16-30-28(35)26-21(4)33(25-10-8-7-9-23(25)26)20(3)22-11-13-32(14-12-22)17-29(5,6)36/h7-10,15,20,22,28,30,35-36H,11-14,16-17H2,1-6H3,(H,31,34). The number of nitrogens with zero attached hydrogens (tertiary/aromatic N) is 2. The van der Waals surface area contributed by atoms with Gasteiger partial charge in [0.15, 0.2) is 0 Å². The van der Waals surface area contributed by atoms with E-state index in [-0.39, 0.29) is 18.1 Å². The molecule has 7 heteroatoms. The van der Waals surface area contributed by atoms with E-state index in [1.54, 1.807) is 0 Å². The number of aromatic nitrogens is 2. The molecule has 0 aliphatic carbocycles. The predicted octanol–water partition coefficient (Wildman–Crippen LogP) is 4.08. The van der Waals surface area contributed by atoms with E-state index in [4.69, 9.17) is 0 Å². The van der Waals surface area contributed by atoms with E-state index in [1.165, 1.54) is 0 Å². The Bertz CT molecular complexity index is 1260. The van der Waals surface area contributed by atoms with Gasteiger partial charge in [0, 0.05) is 52.5 Å². The predicted molar refractivity (Wildman–Crippen MR) is 145 cm³/mol. The first-order valence-electron chi connectivity index (χ1n) is 13.1. The average molecular weight is 495 g/mol. The number of hydrogen-bond donors (Lipinski definition) is 4. The Kier molecular flexibility index (Phi) is 7.76. The molecule has 7 nitrogen and oxygen atoms in total. The number of benzene rings is 1. The minimum atomic E-state index is -0.892. The van der Waals surface area contributed by atoms with Gasteiger partial charge in [-0.25, -0.2) is 0 Å². The van der Waals surface area contributed by atoms with Crippen molar-refractivity contribution in [2.24, 2.45) is 5.92 Å². The fourth-order valence-corrected chi connectivity index (χ4v) is 6.04. The summed E-state index contributed by atoms with van der Waals surface area (Å²) in [6, 6.07) is 10.5. The molecule has 1 fully saturated rings. The molecule has 0 bridgehead atoms. The number of aliphatic hydroxyl groups excluding tert-OH is 1. The Morgan fingerprint density at radius 3 is 2.47 bits per heavy atom. The van der Waals surface area contributed by atoms with Crippen LogP contribution in [0.4, 0.5) is 0 Å². The molecule has 4 N–H and O–H groups in total. The highest BCUT2D eigenvalue weighted by atomic mass is 16.3. The van der Waals surface area contributed by atoms with Crippen LogP contribution in [0, 0.1) is 26.7 Å². The van der Waals surface area contributed by atoms with E-state index < -0.39 is 11.8 Å². The topological polar surface area (TPSA) is 93.5 Å². The maximum absolute atomic E-state index is 12.5. The number of aliphatic hydroxyl groups is 2. The lowest BCUT2D eigenvalue weighted by molar-refractivity contribution is 0.0213. The smallest absolute Gasteiger partial charge is 0.252 e. The second kappa shape index (κ2) is 10.5. The van der Waals surface area contributed by atoms with Crippen molar-refractivity contribution in [3.63, 3.8) is 0 Å². The van der Waals surface area contributed by atoms with Gasteiger partial charge in [0.05, 0.1) is 5.60 Å². The van der Waals surface area contributed by atoms with Crippen LogP contribution < -0.4 is 10.9 Å². The van der Waals surface area contributed by atoms with Crippen LogP contribution >= 0.6 is 0 Å². The second-order valence-corrected chi connectivity index (χ2v) is 11.3. The molecular formula is C29H42N4O3. The van der Waals surface area contributed by atoms with Gasteiger partial charge in [-0.05, 0) is 91.1 Å². The Morgan fingerprint density at radius 1 is 1.17 bits per heavy atom. The number of aryl methyl sites for hydroxylation is 2. The maximum atomic E-state index is 12.5. The number of H-pyrrole nitrogens is 1. The van der Waals surface area contributed by atoms with Crippen molar-refractivity contribution in [2.45, 2.75) is 78.8 Å². The first-order chi connectivity index (χ1) is 17.0. The van der Waals surface area contributed by atoms with E-state index in [0.717, 1.165) is 59.3 Å². The maximum Gasteiger partial charge on any atom is 0.252 e. The van der Waals surface area contributed by atoms with Crippen LogP contribution in [0.15, 0.2) is 35.1 Å². The lowest BCUT2D eigenvalue weighted by atomic mass is 9.89. The first kappa shape index (κ1) is 26.6. The summed E-state index contributed by atoms with van der Waals surface area (Å²) in [5.74, 6) is 0.518. The van der Waals surface area contributed by atoms with Gasteiger partial charge in [0.1, 0.15) is 6.23 Å². The van der Waals surface area contributed by atoms with E-state index in [2.05, 4.69) is 51.8 Å². The molecule has 2 atom stereocenters. The minimum absolute atomic E-state index is 0.115. The number of likely N-dealkylation sites (tertiary alicyclic amines) is 1. The molecule has 0 amide bonds. The van der Waals surface area contributed by atoms with Gasteiger partial charge >= 0.3 is 0 Å². The van der Waals surface area contributed by atoms with Gasteiger partial charge < -0.3 is 24.7 Å². The molecule has 3 aromatic rings. The van der Waals surface area contributed by atoms with Crippen LogP contribution in [0.5, 0.6) is 0 Å². The van der Waals surface area contributed by atoms with E-state index in [9.17, 15) is 15.0 Å². The molecule has 1 aromatic carbocycles. The number of fused-ring (bicyclic) bond motifs is 1. The lowest BCUT2D eigenvalue weighted by Gasteiger charge is -2.38.